The third kappa shape index (κ3) is 4.58. The van der Waals surface area contributed by atoms with Gasteiger partial charge in [-0.05, 0) is 51.5 Å². The van der Waals surface area contributed by atoms with E-state index in [2.05, 4.69) is 42.7 Å². The molecule has 1 unspecified atom stereocenters. The smallest absolute Gasteiger partial charge is 0.144 e. The van der Waals surface area contributed by atoms with Crippen LogP contribution in [0.1, 0.15) is 44.1 Å². The zero-order valence-electron chi connectivity index (χ0n) is 12.5. The van der Waals surface area contributed by atoms with Crippen LogP contribution in [0.2, 0.25) is 0 Å². The van der Waals surface area contributed by atoms with Gasteiger partial charge < -0.3 is 15.3 Å². The molecule has 0 bridgehead atoms. The van der Waals surface area contributed by atoms with Crippen LogP contribution in [0.4, 0.5) is 0 Å². The fourth-order valence-electron chi connectivity index (χ4n) is 2.12. The number of nitrogens with zero attached hydrogens (tertiary/aromatic N) is 1. The van der Waals surface area contributed by atoms with Crippen molar-refractivity contribution in [3.05, 3.63) is 21.9 Å². The molecular formula is C15H24N2O2S. The minimum Gasteiger partial charge on any atom is -0.393 e. The Labute approximate surface area is 124 Å². The monoisotopic (exact) mass is 296 g/mol. The van der Waals surface area contributed by atoms with Crippen molar-refractivity contribution in [3.63, 3.8) is 0 Å². The first-order valence-electron chi connectivity index (χ1n) is 7.14. The van der Waals surface area contributed by atoms with Crippen LogP contribution in [0, 0.1) is 0 Å². The quantitative estimate of drug-likeness (QED) is 0.821. The molecule has 0 aromatic carbocycles. The topological polar surface area (TPSA) is 53.8 Å². The van der Waals surface area contributed by atoms with E-state index in [1.807, 2.05) is 0 Å². The van der Waals surface area contributed by atoms with Gasteiger partial charge in [0.25, 0.3) is 0 Å². The summed E-state index contributed by atoms with van der Waals surface area (Å²) in [4.78, 5) is 6.73. The van der Waals surface area contributed by atoms with Gasteiger partial charge >= 0.3 is 0 Å². The molecule has 1 aliphatic carbocycles. The molecule has 0 aliphatic heterocycles. The van der Waals surface area contributed by atoms with E-state index < -0.39 is 6.10 Å². The van der Waals surface area contributed by atoms with Gasteiger partial charge in [-0.1, -0.05) is 5.16 Å². The van der Waals surface area contributed by atoms with Crippen molar-refractivity contribution in [2.24, 2.45) is 5.16 Å². The van der Waals surface area contributed by atoms with Crippen LogP contribution in [-0.2, 0) is 11.3 Å². The van der Waals surface area contributed by atoms with E-state index in [0.717, 1.165) is 25.0 Å². The molecule has 2 N–H and O–H groups in total. The molecule has 0 radical (unpaired) electrons. The third-order valence-corrected chi connectivity index (χ3v) is 4.16. The minimum atomic E-state index is -0.538. The van der Waals surface area contributed by atoms with Gasteiger partial charge in [0.15, 0.2) is 0 Å². The normalized spacial score (nSPS) is 18.9. The van der Waals surface area contributed by atoms with Crippen LogP contribution < -0.4 is 5.32 Å². The van der Waals surface area contributed by atoms with Gasteiger partial charge in [-0.3, -0.25) is 0 Å². The molecule has 2 rings (SSSR count). The van der Waals surface area contributed by atoms with Crippen LogP contribution in [-0.4, -0.2) is 35.6 Å². The molecule has 1 aliphatic rings. The van der Waals surface area contributed by atoms with Crippen LogP contribution in [0.15, 0.2) is 16.6 Å². The Balaban J connectivity index is 1.80. The van der Waals surface area contributed by atoms with E-state index in [1.54, 1.807) is 11.3 Å². The molecule has 4 nitrogen and oxygen atoms in total. The highest BCUT2D eigenvalue weighted by atomic mass is 32.1. The number of rotatable bonds is 5. The average Bonchev–Trinajstić information content (AvgIpc) is 2.84. The number of β-amino-alcohol motifs (C(OH)–C–C–N with tert-alkyl or cyclic N) is 1. The number of hydrogen-bond donors (Lipinski definition) is 2. The standard InChI is InChI=1S/C15H24N2O2S/c1-15(2,3)16-9-11(18)10-19-17-13-5-4-6-14-12(13)7-8-20-14/h7-8,11,16,18H,4-6,9-10H2,1-3H3/b17-13+. The van der Waals surface area contributed by atoms with Crippen molar-refractivity contribution < 1.29 is 9.94 Å². The van der Waals surface area contributed by atoms with E-state index in [1.165, 1.54) is 10.4 Å². The summed E-state index contributed by atoms with van der Waals surface area (Å²) in [5, 5.41) is 19.4. The van der Waals surface area contributed by atoms with Crippen LogP contribution in [0.5, 0.6) is 0 Å². The molecule has 1 aromatic rings. The molecule has 0 amide bonds. The molecule has 0 spiro atoms. The molecule has 0 saturated carbocycles. The maximum absolute atomic E-state index is 9.84. The number of oxime groups is 1. The third-order valence-electron chi connectivity index (χ3n) is 3.18. The number of aliphatic hydroxyl groups excluding tert-OH is 1. The van der Waals surface area contributed by atoms with Crippen molar-refractivity contribution in [1.82, 2.24) is 5.32 Å². The van der Waals surface area contributed by atoms with Crippen LogP contribution in [0.25, 0.3) is 0 Å². The lowest BCUT2D eigenvalue weighted by Gasteiger charge is -2.22. The van der Waals surface area contributed by atoms with E-state index in [9.17, 15) is 5.11 Å². The highest BCUT2D eigenvalue weighted by molar-refractivity contribution is 7.10. The fourth-order valence-corrected chi connectivity index (χ4v) is 3.06. The first-order valence-corrected chi connectivity index (χ1v) is 8.02. The van der Waals surface area contributed by atoms with Gasteiger partial charge in [-0.25, -0.2) is 0 Å². The lowest BCUT2D eigenvalue weighted by Crippen LogP contribution is -2.42. The Morgan fingerprint density at radius 1 is 1.45 bits per heavy atom. The maximum Gasteiger partial charge on any atom is 0.144 e. The largest absolute Gasteiger partial charge is 0.393 e. The number of nitrogens with one attached hydrogen (secondary N) is 1. The summed E-state index contributed by atoms with van der Waals surface area (Å²) in [6.07, 6.45) is 2.69. The van der Waals surface area contributed by atoms with Gasteiger partial charge in [-0.15, -0.1) is 11.3 Å². The number of fused-ring (bicyclic) bond motifs is 1. The summed E-state index contributed by atoms with van der Waals surface area (Å²) in [5.41, 5.74) is 2.24. The predicted octanol–water partition coefficient (Wildman–Crippen LogP) is 2.55. The molecule has 1 atom stereocenters. The fraction of sp³-hybridized carbons (Fsp3) is 0.667. The molecule has 1 aromatic heterocycles. The molecular weight excluding hydrogens is 272 g/mol. The second-order valence-corrected chi connectivity index (χ2v) is 7.23. The van der Waals surface area contributed by atoms with E-state index >= 15 is 0 Å². The van der Waals surface area contributed by atoms with E-state index in [0.29, 0.717) is 6.54 Å². The molecule has 112 valence electrons. The Morgan fingerprint density at radius 2 is 2.25 bits per heavy atom. The number of aryl methyl sites for hydroxylation is 1. The van der Waals surface area contributed by atoms with Gasteiger partial charge in [0.05, 0.1) is 5.71 Å². The minimum absolute atomic E-state index is 0.00181. The molecule has 5 heteroatoms. The SMILES string of the molecule is CC(C)(C)NCC(O)CO/N=C1\CCCc2sccc21. The summed E-state index contributed by atoms with van der Waals surface area (Å²) < 4.78 is 0. The van der Waals surface area contributed by atoms with Crippen molar-refractivity contribution in [3.8, 4) is 0 Å². The highest BCUT2D eigenvalue weighted by Crippen LogP contribution is 2.26. The van der Waals surface area contributed by atoms with Gasteiger partial charge in [0.1, 0.15) is 12.7 Å². The van der Waals surface area contributed by atoms with Gasteiger partial charge in [0.2, 0.25) is 0 Å². The van der Waals surface area contributed by atoms with Crippen molar-refractivity contribution in [2.45, 2.75) is 51.7 Å². The van der Waals surface area contributed by atoms with Crippen LogP contribution in [0.3, 0.4) is 0 Å². The zero-order chi connectivity index (χ0) is 14.6. The zero-order valence-corrected chi connectivity index (χ0v) is 13.3. The lowest BCUT2D eigenvalue weighted by molar-refractivity contribution is 0.0370. The van der Waals surface area contributed by atoms with Crippen LogP contribution >= 0.6 is 11.3 Å². The van der Waals surface area contributed by atoms with Crippen molar-refractivity contribution >= 4 is 17.0 Å². The lowest BCUT2D eigenvalue weighted by atomic mass is 9.97. The molecule has 0 fully saturated rings. The average molecular weight is 296 g/mol. The van der Waals surface area contributed by atoms with Crippen molar-refractivity contribution in [2.75, 3.05) is 13.2 Å². The Hall–Kier alpha value is -0.910. The summed E-state index contributed by atoms with van der Waals surface area (Å²) >= 11 is 1.78. The first-order chi connectivity index (χ1) is 9.46. The number of aliphatic hydroxyl groups is 1. The molecule has 0 saturated heterocycles. The van der Waals surface area contributed by atoms with E-state index in [4.69, 9.17) is 4.84 Å². The molecule has 1 heterocycles. The summed E-state index contributed by atoms with van der Waals surface area (Å²) in [6, 6.07) is 2.11. The predicted molar refractivity (Wildman–Crippen MR) is 83.5 cm³/mol. The Morgan fingerprint density at radius 3 is 3.00 bits per heavy atom. The maximum atomic E-state index is 9.84. The van der Waals surface area contributed by atoms with Gasteiger partial charge in [0, 0.05) is 22.5 Å². The summed E-state index contributed by atoms with van der Waals surface area (Å²) in [5.74, 6) is 0. The Kier molecular flexibility index (Phi) is 5.18. The Bertz CT molecular complexity index is 463. The van der Waals surface area contributed by atoms with Gasteiger partial charge in [-0.2, -0.15) is 0 Å². The van der Waals surface area contributed by atoms with E-state index in [-0.39, 0.29) is 12.1 Å². The highest BCUT2D eigenvalue weighted by Gasteiger charge is 2.17. The second kappa shape index (κ2) is 6.70. The number of thiophene rings is 1. The summed E-state index contributed by atoms with van der Waals surface area (Å²) in [7, 11) is 0. The number of hydrogen-bond acceptors (Lipinski definition) is 5. The first kappa shape index (κ1) is 15.5. The van der Waals surface area contributed by atoms with Crippen molar-refractivity contribution in [1.29, 1.82) is 0 Å². The summed E-state index contributed by atoms with van der Waals surface area (Å²) in [6.45, 7) is 6.95. The molecule has 20 heavy (non-hydrogen) atoms. The second-order valence-electron chi connectivity index (χ2n) is 6.23.